The van der Waals surface area contributed by atoms with Gasteiger partial charge in [0, 0.05) is 0 Å². The second kappa shape index (κ2) is 11.5. The van der Waals surface area contributed by atoms with Gasteiger partial charge in [-0.1, -0.05) is 125 Å². The minimum Gasteiger partial charge on any atom is -0.105 e. The highest BCUT2D eigenvalue weighted by Crippen LogP contribution is 3.02. The molecule has 0 amide bonds. The van der Waals surface area contributed by atoms with Gasteiger partial charge in [0.1, 0.15) is 23.2 Å². The topological polar surface area (TPSA) is 0 Å². The lowest BCUT2D eigenvalue weighted by atomic mass is 10.5. The Bertz CT molecular complexity index is 557. The van der Waals surface area contributed by atoms with E-state index < -0.39 is 23.2 Å². The van der Waals surface area contributed by atoms with Crippen molar-refractivity contribution in [2.75, 3.05) is 0 Å². The molecule has 0 aliphatic carbocycles. The Morgan fingerprint density at radius 1 is 0.242 bits per heavy atom. The van der Waals surface area contributed by atoms with E-state index in [0.29, 0.717) is 0 Å². The van der Waals surface area contributed by atoms with Crippen LogP contribution in [0.25, 0.3) is 0 Å². The number of hydrogen-bond donors (Lipinski definition) is 0. The largest absolute Gasteiger partial charge is 0.124 e. The van der Waals surface area contributed by atoms with Gasteiger partial charge in [0.15, 0.2) is 0 Å². The second-order valence-corrected chi connectivity index (χ2v) is 59.2. The van der Waals surface area contributed by atoms with Gasteiger partial charge in [-0.3, -0.25) is 0 Å². The lowest BCUT2D eigenvalue weighted by Gasteiger charge is -2.45. The van der Waals surface area contributed by atoms with E-state index >= 15 is 0 Å². The Hall–Kier alpha value is 1.55. The van der Waals surface area contributed by atoms with E-state index in [1.807, 2.05) is 0 Å². The summed E-state index contributed by atoms with van der Waals surface area (Å²) in [4.78, 5) is 0. The molecular weight excluding hydrogens is 501 g/mol. The van der Waals surface area contributed by atoms with Crippen molar-refractivity contribution >= 4 is 42.5 Å². The standard InChI is InChI=1S/C27H63P3Si3/c1-19(2)31(20(3)4,21(5)6)28-29(32(22(7)8,23(9)10)24(11)12)30(28)33(25(13)14,26(15)16)27(17)18/h19-27H,1-18H3. The Morgan fingerprint density at radius 2 is 0.333 bits per heavy atom. The average molecular weight is 565 g/mol. The second-order valence-electron chi connectivity index (χ2n) is 13.9. The molecular formula is C27H63P3Si3. The van der Waals surface area contributed by atoms with Gasteiger partial charge in [-0.15, -0.1) is 19.3 Å². The molecule has 198 valence electrons. The first-order chi connectivity index (χ1) is 14.9. The molecule has 1 heterocycles. The Balaban J connectivity index is 4.41. The zero-order valence-corrected chi connectivity index (χ0v) is 31.7. The van der Waals surface area contributed by atoms with Gasteiger partial charge >= 0.3 is 0 Å². The Kier molecular flexibility index (Phi) is 11.4. The first-order valence-electron chi connectivity index (χ1n) is 14.3. The van der Waals surface area contributed by atoms with Crippen LogP contribution in [0.1, 0.15) is 125 Å². The molecule has 0 spiro atoms. The van der Waals surface area contributed by atoms with Crippen molar-refractivity contribution in [1.82, 2.24) is 0 Å². The summed E-state index contributed by atoms with van der Waals surface area (Å²) >= 11 is 0. The van der Waals surface area contributed by atoms with Crippen molar-refractivity contribution in [3.05, 3.63) is 0 Å². The summed E-state index contributed by atoms with van der Waals surface area (Å²) in [6.45, 7) is 48.3. The lowest BCUT2D eigenvalue weighted by molar-refractivity contribution is 0.849. The van der Waals surface area contributed by atoms with Crippen LogP contribution >= 0.6 is 19.3 Å². The van der Waals surface area contributed by atoms with Crippen LogP contribution < -0.4 is 0 Å². The van der Waals surface area contributed by atoms with Crippen molar-refractivity contribution in [2.45, 2.75) is 174 Å². The maximum Gasteiger partial charge on any atom is 0.124 e. The summed E-state index contributed by atoms with van der Waals surface area (Å²) in [6, 6.07) is 0. The van der Waals surface area contributed by atoms with Crippen LogP contribution in [-0.4, -0.2) is 23.2 Å². The highest BCUT2D eigenvalue weighted by atomic mass is 32.8. The molecule has 0 N–H and O–H groups in total. The predicted octanol–water partition coefficient (Wildman–Crippen LogP) is 13.7. The van der Waals surface area contributed by atoms with E-state index in [-0.39, 0.29) is 19.3 Å². The molecule has 0 radical (unpaired) electrons. The first-order valence-corrected chi connectivity index (χ1v) is 29.6. The summed E-state index contributed by atoms with van der Waals surface area (Å²) in [6.07, 6.45) is 0.834. The zero-order chi connectivity index (χ0) is 26.4. The maximum absolute atomic E-state index is 2.68. The molecule has 33 heavy (non-hydrogen) atoms. The minimum atomic E-state index is -1.42. The quantitative estimate of drug-likeness (QED) is 0.221. The highest BCUT2D eigenvalue weighted by Gasteiger charge is 2.63. The van der Waals surface area contributed by atoms with Gasteiger partial charge < -0.3 is 0 Å². The summed E-state index contributed by atoms with van der Waals surface area (Å²) in [7, 11) is -4.27. The van der Waals surface area contributed by atoms with E-state index in [4.69, 9.17) is 0 Å². The van der Waals surface area contributed by atoms with Gasteiger partial charge in [0.05, 0.1) is 0 Å². The van der Waals surface area contributed by atoms with E-state index in [1.54, 1.807) is 0 Å². The molecule has 0 aliphatic rings. The molecule has 0 aromatic carbocycles. The molecule has 1 aromatic heterocycles. The molecule has 6 heteroatoms. The van der Waals surface area contributed by atoms with Crippen LogP contribution in [0.4, 0.5) is 0 Å². The molecule has 0 unspecified atom stereocenters. The minimum absolute atomic E-state index is 0.278. The van der Waals surface area contributed by atoms with Gasteiger partial charge in [-0.25, -0.2) is 0 Å². The van der Waals surface area contributed by atoms with E-state index in [1.165, 1.54) is 0 Å². The van der Waals surface area contributed by atoms with Crippen LogP contribution in [0, 0.1) is 0 Å². The van der Waals surface area contributed by atoms with Gasteiger partial charge in [-0.05, 0) is 49.9 Å². The summed E-state index contributed by atoms with van der Waals surface area (Å²) in [5, 5.41) is 0. The fourth-order valence-corrected chi connectivity index (χ4v) is 185. The van der Waals surface area contributed by atoms with Crippen molar-refractivity contribution in [3.8, 4) is 0 Å². The molecule has 0 atom stereocenters. The monoisotopic (exact) mass is 564 g/mol. The van der Waals surface area contributed by atoms with Crippen LogP contribution in [0.5, 0.6) is 0 Å². The smallest absolute Gasteiger partial charge is 0.105 e. The molecule has 1 rings (SSSR count). The third-order valence-electron chi connectivity index (χ3n) is 9.87. The molecule has 0 bridgehead atoms. The molecule has 0 saturated carbocycles. The zero-order valence-electron chi connectivity index (χ0n) is 26.0. The first kappa shape index (κ1) is 32.6. The van der Waals surface area contributed by atoms with Crippen molar-refractivity contribution < 1.29 is 0 Å². The fourth-order valence-electron chi connectivity index (χ4n) is 9.19. The normalized spacial score (nSPS) is 16.6. The molecule has 1 aromatic rings. The van der Waals surface area contributed by atoms with Crippen molar-refractivity contribution in [1.29, 1.82) is 0 Å². The summed E-state index contributed by atoms with van der Waals surface area (Å²) in [5.41, 5.74) is 8.48. The van der Waals surface area contributed by atoms with Crippen LogP contribution in [-0.2, 0) is 0 Å². The van der Waals surface area contributed by atoms with Crippen LogP contribution in [0.15, 0.2) is 0 Å². The van der Waals surface area contributed by atoms with Crippen molar-refractivity contribution in [3.63, 3.8) is 0 Å². The van der Waals surface area contributed by atoms with E-state index in [2.05, 4.69) is 125 Å². The Labute approximate surface area is 216 Å². The molecule has 0 fully saturated rings. The summed E-state index contributed by atoms with van der Waals surface area (Å²) in [5.74, 6) is 0. The van der Waals surface area contributed by atoms with Crippen LogP contribution in [0.2, 0.25) is 49.9 Å². The van der Waals surface area contributed by atoms with Crippen LogP contribution in [0.3, 0.4) is 0 Å². The lowest BCUT2D eigenvalue weighted by Crippen LogP contribution is -2.41. The molecule has 0 nitrogen and oxygen atoms in total. The van der Waals surface area contributed by atoms with Crippen molar-refractivity contribution in [2.24, 2.45) is 0 Å². The average Bonchev–Trinajstić information content (AvgIpc) is 3.28. The predicted molar refractivity (Wildman–Crippen MR) is 174 cm³/mol. The number of hydrogen-bond acceptors (Lipinski definition) is 0. The van der Waals surface area contributed by atoms with E-state index in [9.17, 15) is 0 Å². The third kappa shape index (κ3) is 4.78. The van der Waals surface area contributed by atoms with Gasteiger partial charge in [-0.2, -0.15) is 0 Å². The van der Waals surface area contributed by atoms with Gasteiger partial charge in [0.25, 0.3) is 0 Å². The summed E-state index contributed by atoms with van der Waals surface area (Å²) < 4.78 is 0. The Morgan fingerprint density at radius 3 is 0.394 bits per heavy atom. The maximum atomic E-state index is 2.68. The number of rotatable bonds is 12. The highest BCUT2D eigenvalue weighted by molar-refractivity contribution is 8.93. The third-order valence-corrected chi connectivity index (χ3v) is 103. The van der Waals surface area contributed by atoms with Gasteiger partial charge in [0.2, 0.25) is 0 Å². The molecule has 0 saturated heterocycles. The fraction of sp³-hybridized carbons (Fsp3) is 1.00. The molecule has 0 aliphatic heterocycles. The van der Waals surface area contributed by atoms with E-state index in [0.717, 1.165) is 49.9 Å². The SMILES string of the molecule is CC(C)[Si](C(C)C)(C(C)C)p1p([Si](C(C)C)(C(C)C)C(C)C)p1[Si](C(C)C)(C(C)C)C(C)C.